The quantitative estimate of drug-likeness (QED) is 0.0211. The summed E-state index contributed by atoms with van der Waals surface area (Å²) in [5, 5.41) is 9.70. The maximum Gasteiger partial charge on any atom is 0.361 e. The third-order valence-electron chi connectivity index (χ3n) is 11.5. The lowest BCUT2D eigenvalue weighted by Crippen LogP contribution is -2.40. The van der Waals surface area contributed by atoms with Gasteiger partial charge in [0, 0.05) is 12.8 Å². The Balaban J connectivity index is 4.38. The van der Waals surface area contributed by atoms with Crippen molar-refractivity contribution in [3.8, 4) is 0 Å². The van der Waals surface area contributed by atoms with Crippen molar-refractivity contribution >= 4 is 17.9 Å². The number of carbonyl (C=O) groups is 3. The van der Waals surface area contributed by atoms with Crippen LogP contribution in [0.3, 0.4) is 0 Å². The van der Waals surface area contributed by atoms with Crippen LogP contribution >= 0.6 is 0 Å². The van der Waals surface area contributed by atoms with Crippen LogP contribution < -0.4 is 0 Å². The molecule has 0 aliphatic heterocycles. The molecule has 0 aliphatic carbocycles. The zero-order valence-corrected chi connectivity index (χ0v) is 48.8. The van der Waals surface area contributed by atoms with E-state index in [4.69, 9.17) is 18.9 Å². The number of nitrogens with zero attached hydrogens (tertiary/aromatic N) is 1. The summed E-state index contributed by atoms with van der Waals surface area (Å²) in [5.74, 6) is -2.10. The van der Waals surface area contributed by atoms with E-state index in [0.29, 0.717) is 23.9 Å². The number of rotatable bonds is 51. The SMILES string of the molecule is CC/C=C\C/C=C\C/C=C\C/C=C\C/C=C\C/C=C\C/C=C\C/C=C\C/C=C\CCCCCCCC(=O)OC(COC(=O)CCCCC/C=C\C/C=C\C/C=C\C/C=C\C/C=C\CC)COC(OCC[N+](C)(C)C)C(=O)O. The summed E-state index contributed by atoms with van der Waals surface area (Å²) in [4.78, 5) is 37.4. The minimum atomic E-state index is -1.54. The van der Waals surface area contributed by atoms with Gasteiger partial charge in [-0.15, -0.1) is 0 Å². The van der Waals surface area contributed by atoms with Gasteiger partial charge < -0.3 is 28.5 Å². The van der Waals surface area contributed by atoms with E-state index in [1.54, 1.807) is 0 Å². The number of unbranched alkanes of at least 4 members (excludes halogenated alkanes) is 8. The van der Waals surface area contributed by atoms with E-state index < -0.39 is 30.3 Å². The first-order valence-corrected chi connectivity index (χ1v) is 29.3. The monoisotopic (exact) mass is 1060 g/mol. The zero-order chi connectivity index (χ0) is 56.2. The molecule has 0 aromatic heterocycles. The van der Waals surface area contributed by atoms with Gasteiger partial charge in [0.1, 0.15) is 13.2 Å². The van der Waals surface area contributed by atoms with Gasteiger partial charge in [0.2, 0.25) is 0 Å². The predicted molar refractivity (Wildman–Crippen MR) is 326 cm³/mol. The van der Waals surface area contributed by atoms with Gasteiger partial charge in [-0.25, -0.2) is 4.79 Å². The third-order valence-corrected chi connectivity index (χ3v) is 11.5. The molecule has 0 spiro atoms. The number of likely N-dealkylation sites (N-methyl/N-ethyl adjacent to an activating group) is 1. The number of ether oxygens (including phenoxy) is 4. The standard InChI is InChI=1S/C68H105NO8/c1-6-8-10-12-14-16-18-20-22-24-26-27-28-29-30-31-32-33-34-35-36-37-38-39-41-43-45-47-49-51-53-55-57-59-66(71)77-64(63-76-68(67(72)73)74-61-60-69(3,4)5)62-75-65(70)58-56-54-52-50-48-46-44-42-40-25-23-21-19-17-15-13-11-9-7-2/h8-11,14-17,20-23,26-27,29-30,32-33,35-36,38-40,42-43,45-46,48,64,68H,6-7,12-13,18-19,24-25,28,31,34,37,41,44,47,49-63H2,1-5H3/p+1/b10-8-,11-9-,16-14-,17-15-,22-20-,23-21-,27-26-,30-29-,33-32-,36-35-,39-38-,42-40-,45-43-,48-46-. The first kappa shape index (κ1) is 71.7. The Morgan fingerprint density at radius 1 is 0.390 bits per heavy atom. The Bertz CT molecular complexity index is 1860. The summed E-state index contributed by atoms with van der Waals surface area (Å²) >= 11 is 0. The van der Waals surface area contributed by atoms with Crippen LogP contribution in [0, 0.1) is 0 Å². The number of hydrogen-bond acceptors (Lipinski definition) is 7. The number of aliphatic carboxylic acids is 1. The van der Waals surface area contributed by atoms with Crippen molar-refractivity contribution in [1.82, 2.24) is 0 Å². The summed E-state index contributed by atoms with van der Waals surface area (Å²) in [6.45, 7) is 4.55. The third kappa shape index (κ3) is 58.2. The molecule has 0 bridgehead atoms. The van der Waals surface area contributed by atoms with Crippen molar-refractivity contribution in [3.63, 3.8) is 0 Å². The molecule has 9 heteroatoms. The van der Waals surface area contributed by atoms with Crippen molar-refractivity contribution < 1.29 is 42.9 Å². The number of carbonyl (C=O) groups excluding carboxylic acids is 2. The van der Waals surface area contributed by atoms with Crippen molar-refractivity contribution in [2.45, 2.75) is 193 Å². The smallest absolute Gasteiger partial charge is 0.361 e. The lowest BCUT2D eigenvalue weighted by atomic mass is 10.1. The van der Waals surface area contributed by atoms with Crippen molar-refractivity contribution in [2.24, 2.45) is 0 Å². The molecule has 0 radical (unpaired) electrons. The average Bonchev–Trinajstić information content (AvgIpc) is 3.40. The Hall–Kier alpha value is -5.35. The molecule has 0 saturated carbocycles. The van der Waals surface area contributed by atoms with Gasteiger partial charge in [-0.05, 0) is 128 Å². The molecule has 430 valence electrons. The summed E-state index contributed by atoms with van der Waals surface area (Å²) < 4.78 is 22.8. The molecule has 77 heavy (non-hydrogen) atoms. The minimum absolute atomic E-state index is 0.167. The molecule has 0 rings (SSSR count). The molecule has 0 fully saturated rings. The van der Waals surface area contributed by atoms with Crippen LogP contribution in [0.25, 0.3) is 0 Å². The van der Waals surface area contributed by atoms with E-state index in [2.05, 4.69) is 184 Å². The lowest BCUT2D eigenvalue weighted by Gasteiger charge is -2.25. The lowest BCUT2D eigenvalue weighted by molar-refractivity contribution is -0.870. The summed E-state index contributed by atoms with van der Waals surface area (Å²) in [6.07, 6.45) is 82.9. The van der Waals surface area contributed by atoms with E-state index in [0.717, 1.165) is 141 Å². The maximum atomic E-state index is 12.9. The van der Waals surface area contributed by atoms with Gasteiger partial charge in [-0.1, -0.05) is 210 Å². The second-order valence-corrected chi connectivity index (χ2v) is 19.8. The van der Waals surface area contributed by atoms with Crippen LogP contribution in [0.1, 0.15) is 181 Å². The number of hydrogen-bond donors (Lipinski definition) is 1. The van der Waals surface area contributed by atoms with Gasteiger partial charge in [0.15, 0.2) is 6.10 Å². The van der Waals surface area contributed by atoms with Crippen LogP contribution in [0.2, 0.25) is 0 Å². The van der Waals surface area contributed by atoms with E-state index >= 15 is 0 Å². The number of esters is 2. The van der Waals surface area contributed by atoms with Crippen LogP contribution in [0.5, 0.6) is 0 Å². The highest BCUT2D eigenvalue weighted by Gasteiger charge is 2.25. The zero-order valence-electron chi connectivity index (χ0n) is 48.8. The second kappa shape index (κ2) is 56.8. The fraction of sp³-hybridized carbons (Fsp3) is 0.544. The normalized spacial score (nSPS) is 14.0. The Morgan fingerprint density at radius 3 is 1.05 bits per heavy atom. The van der Waals surface area contributed by atoms with E-state index in [-0.39, 0.29) is 32.7 Å². The molecule has 0 aliphatic rings. The topological polar surface area (TPSA) is 108 Å². The fourth-order valence-corrected chi connectivity index (χ4v) is 7.03. The number of quaternary nitrogens is 1. The van der Waals surface area contributed by atoms with Gasteiger partial charge in [0.05, 0.1) is 34.4 Å². The van der Waals surface area contributed by atoms with Crippen molar-refractivity contribution in [3.05, 3.63) is 170 Å². The second-order valence-electron chi connectivity index (χ2n) is 19.8. The molecule has 0 heterocycles. The average molecular weight is 1070 g/mol. The fourth-order valence-electron chi connectivity index (χ4n) is 7.03. The Kier molecular flexibility index (Phi) is 52.9. The molecular formula is C68H106NO8+. The highest BCUT2D eigenvalue weighted by atomic mass is 16.7. The summed E-state index contributed by atoms with van der Waals surface area (Å²) in [7, 11) is 5.93. The molecule has 1 N–H and O–H groups in total. The number of carboxylic acids is 1. The number of allylic oxidation sites excluding steroid dienone is 28. The first-order valence-electron chi connectivity index (χ1n) is 29.3. The van der Waals surface area contributed by atoms with Crippen LogP contribution in [-0.4, -0.2) is 87.4 Å². The largest absolute Gasteiger partial charge is 0.477 e. The molecule has 0 aromatic carbocycles. The Labute approximate surface area is 469 Å². The minimum Gasteiger partial charge on any atom is -0.477 e. The molecular weight excluding hydrogens is 959 g/mol. The maximum absolute atomic E-state index is 12.9. The first-order chi connectivity index (χ1) is 37.6. The van der Waals surface area contributed by atoms with Crippen molar-refractivity contribution in [2.75, 3.05) is 47.5 Å². The summed E-state index contributed by atoms with van der Waals surface area (Å²) in [6, 6.07) is 0. The van der Waals surface area contributed by atoms with Gasteiger partial charge in [-0.2, -0.15) is 0 Å². The van der Waals surface area contributed by atoms with Crippen LogP contribution in [0.4, 0.5) is 0 Å². The molecule has 2 unspecified atom stereocenters. The molecule has 2 atom stereocenters. The number of carboxylic acid groups (broad SMARTS) is 1. The Morgan fingerprint density at radius 2 is 0.701 bits per heavy atom. The molecule has 0 amide bonds. The predicted octanol–water partition coefficient (Wildman–Crippen LogP) is 17.6. The molecule has 0 saturated heterocycles. The van der Waals surface area contributed by atoms with Crippen LogP contribution in [0.15, 0.2) is 170 Å². The molecule has 0 aromatic rings. The van der Waals surface area contributed by atoms with Crippen LogP contribution in [-0.2, 0) is 33.3 Å². The summed E-state index contributed by atoms with van der Waals surface area (Å²) in [5.41, 5.74) is 0. The highest BCUT2D eigenvalue weighted by molar-refractivity contribution is 5.71. The van der Waals surface area contributed by atoms with E-state index in [1.807, 2.05) is 21.1 Å². The van der Waals surface area contributed by atoms with E-state index in [9.17, 15) is 19.5 Å². The molecule has 9 nitrogen and oxygen atoms in total. The van der Waals surface area contributed by atoms with Gasteiger partial charge in [0.25, 0.3) is 6.29 Å². The van der Waals surface area contributed by atoms with Gasteiger partial charge in [-0.3, -0.25) is 9.59 Å². The van der Waals surface area contributed by atoms with Gasteiger partial charge >= 0.3 is 17.9 Å². The van der Waals surface area contributed by atoms with Crippen molar-refractivity contribution in [1.29, 1.82) is 0 Å². The highest BCUT2D eigenvalue weighted by Crippen LogP contribution is 2.12. The van der Waals surface area contributed by atoms with E-state index in [1.165, 1.54) is 0 Å².